The van der Waals surface area contributed by atoms with Crippen molar-refractivity contribution in [3.63, 3.8) is 0 Å². The third-order valence-electron chi connectivity index (χ3n) is 6.03. The van der Waals surface area contributed by atoms with E-state index in [9.17, 15) is 14.4 Å². The summed E-state index contributed by atoms with van der Waals surface area (Å²) in [6.45, 7) is 4.10. The van der Waals surface area contributed by atoms with Gasteiger partial charge in [-0.05, 0) is 28.5 Å². The Hall–Kier alpha value is -3.07. The molecule has 3 aliphatic carbocycles. The van der Waals surface area contributed by atoms with Gasteiger partial charge in [0.15, 0.2) is 17.3 Å². The molecule has 0 saturated heterocycles. The van der Waals surface area contributed by atoms with E-state index in [-0.39, 0.29) is 34.3 Å². The van der Waals surface area contributed by atoms with Gasteiger partial charge in [0.25, 0.3) is 0 Å². The summed E-state index contributed by atoms with van der Waals surface area (Å²) in [5, 5.41) is 0. The Labute approximate surface area is 157 Å². The summed E-state index contributed by atoms with van der Waals surface area (Å²) < 4.78 is 0. The quantitative estimate of drug-likeness (QED) is 0.509. The maximum absolute atomic E-state index is 13.0. The van der Waals surface area contributed by atoms with Gasteiger partial charge in [0, 0.05) is 16.7 Å². The van der Waals surface area contributed by atoms with E-state index >= 15 is 0 Å². The molecule has 0 heterocycles. The predicted molar refractivity (Wildman–Crippen MR) is 103 cm³/mol. The maximum atomic E-state index is 13.0. The second kappa shape index (κ2) is 5.23. The van der Waals surface area contributed by atoms with Crippen molar-refractivity contribution in [1.82, 2.24) is 0 Å². The fourth-order valence-electron chi connectivity index (χ4n) is 4.87. The molecule has 3 aliphatic rings. The summed E-state index contributed by atoms with van der Waals surface area (Å²) >= 11 is 0. The second-order valence-electron chi connectivity index (χ2n) is 8.21. The van der Waals surface area contributed by atoms with Crippen molar-refractivity contribution < 1.29 is 14.4 Å². The number of ketones is 3. The number of benzene rings is 2. The largest absolute Gasteiger partial charge is 0.293 e. The van der Waals surface area contributed by atoms with Gasteiger partial charge in [-0.15, -0.1) is 0 Å². The monoisotopic (exact) mass is 354 g/mol. The van der Waals surface area contributed by atoms with E-state index in [0.717, 1.165) is 22.3 Å². The zero-order valence-corrected chi connectivity index (χ0v) is 15.2. The minimum absolute atomic E-state index is 0.137. The third-order valence-corrected chi connectivity index (χ3v) is 6.03. The number of Topliss-reactive ketones (excluding diaryl/α,β-unsaturated/α-hetero) is 3. The average molecular weight is 354 g/mol. The van der Waals surface area contributed by atoms with Gasteiger partial charge in [0.05, 0.1) is 11.5 Å². The first-order valence-electron chi connectivity index (χ1n) is 9.17. The molecule has 0 unspecified atom stereocenters. The van der Waals surface area contributed by atoms with Crippen molar-refractivity contribution in [1.29, 1.82) is 0 Å². The van der Waals surface area contributed by atoms with Gasteiger partial charge in [0.1, 0.15) is 0 Å². The highest BCUT2D eigenvalue weighted by molar-refractivity contribution is 6.40. The summed E-state index contributed by atoms with van der Waals surface area (Å²) in [6, 6.07) is 14.6. The molecule has 0 radical (unpaired) electrons. The SMILES string of the molecule is CC1(C)CC(=C2C(=O)c3ccccc3C2=O)C=C2c3ccccc3C(=O)[C@H]21. The maximum Gasteiger partial charge on any atom is 0.197 e. The summed E-state index contributed by atoms with van der Waals surface area (Å²) in [5.41, 5.74) is 4.21. The Morgan fingerprint density at radius 3 is 1.89 bits per heavy atom. The number of hydrogen-bond donors (Lipinski definition) is 0. The molecule has 27 heavy (non-hydrogen) atoms. The molecule has 3 nitrogen and oxygen atoms in total. The second-order valence-corrected chi connectivity index (χ2v) is 8.21. The van der Waals surface area contributed by atoms with Gasteiger partial charge in [-0.1, -0.05) is 68.5 Å². The Bertz CT molecular complexity index is 1090. The lowest BCUT2D eigenvalue weighted by molar-refractivity contribution is 0.0874. The lowest BCUT2D eigenvalue weighted by Crippen LogP contribution is -2.32. The van der Waals surface area contributed by atoms with Crippen molar-refractivity contribution in [2.24, 2.45) is 11.3 Å². The molecule has 132 valence electrons. The summed E-state index contributed by atoms with van der Waals surface area (Å²) in [6.07, 6.45) is 2.46. The Balaban J connectivity index is 1.75. The molecular formula is C24H18O3. The number of carbonyl (C=O) groups is 3. The first kappa shape index (κ1) is 16.1. The molecule has 0 N–H and O–H groups in total. The molecule has 2 aromatic rings. The lowest BCUT2D eigenvalue weighted by Gasteiger charge is -2.36. The molecule has 0 aromatic heterocycles. The van der Waals surface area contributed by atoms with Gasteiger partial charge in [0.2, 0.25) is 0 Å². The van der Waals surface area contributed by atoms with Crippen molar-refractivity contribution >= 4 is 22.9 Å². The van der Waals surface area contributed by atoms with Gasteiger partial charge in [-0.3, -0.25) is 14.4 Å². The zero-order chi connectivity index (χ0) is 18.9. The van der Waals surface area contributed by atoms with Crippen LogP contribution in [0.1, 0.15) is 56.9 Å². The molecule has 0 amide bonds. The summed E-state index contributed by atoms with van der Waals surface area (Å²) in [7, 11) is 0. The van der Waals surface area contributed by atoms with Crippen LogP contribution in [0.25, 0.3) is 5.57 Å². The third kappa shape index (κ3) is 2.05. The first-order chi connectivity index (χ1) is 12.9. The normalized spacial score (nSPS) is 22.5. The summed E-state index contributed by atoms with van der Waals surface area (Å²) in [4.78, 5) is 38.9. The molecule has 2 aromatic carbocycles. The minimum atomic E-state index is -0.363. The van der Waals surface area contributed by atoms with Crippen LogP contribution < -0.4 is 0 Å². The zero-order valence-electron chi connectivity index (χ0n) is 15.2. The molecular weight excluding hydrogens is 336 g/mol. The van der Waals surface area contributed by atoms with Crippen LogP contribution >= 0.6 is 0 Å². The van der Waals surface area contributed by atoms with E-state index in [1.165, 1.54) is 0 Å². The minimum Gasteiger partial charge on any atom is -0.293 e. The molecule has 0 aliphatic heterocycles. The lowest BCUT2D eigenvalue weighted by atomic mass is 9.66. The number of hydrogen-bond acceptors (Lipinski definition) is 3. The topological polar surface area (TPSA) is 51.2 Å². The van der Waals surface area contributed by atoms with Crippen molar-refractivity contribution in [3.8, 4) is 0 Å². The van der Waals surface area contributed by atoms with Crippen LogP contribution in [0, 0.1) is 11.3 Å². The number of allylic oxidation sites excluding steroid dienone is 4. The fraction of sp³-hybridized carbons (Fsp3) is 0.208. The van der Waals surface area contributed by atoms with Gasteiger partial charge in [-0.2, -0.15) is 0 Å². The van der Waals surface area contributed by atoms with Gasteiger partial charge >= 0.3 is 0 Å². The molecule has 0 spiro atoms. The number of carbonyl (C=O) groups excluding carboxylic acids is 3. The first-order valence-corrected chi connectivity index (χ1v) is 9.17. The van der Waals surface area contributed by atoms with E-state index in [1.807, 2.05) is 44.2 Å². The van der Waals surface area contributed by atoms with Crippen LogP contribution in [0.4, 0.5) is 0 Å². The highest BCUT2D eigenvalue weighted by Crippen LogP contribution is 2.53. The number of rotatable bonds is 0. The van der Waals surface area contributed by atoms with Crippen molar-refractivity contribution in [2.45, 2.75) is 20.3 Å². The smallest absolute Gasteiger partial charge is 0.197 e. The molecule has 1 atom stereocenters. The Morgan fingerprint density at radius 2 is 1.30 bits per heavy atom. The number of fused-ring (bicyclic) bond motifs is 4. The van der Waals surface area contributed by atoms with E-state index in [2.05, 4.69) is 0 Å². The van der Waals surface area contributed by atoms with Gasteiger partial charge < -0.3 is 0 Å². The fourth-order valence-corrected chi connectivity index (χ4v) is 4.87. The van der Waals surface area contributed by atoms with E-state index < -0.39 is 0 Å². The highest BCUT2D eigenvalue weighted by Gasteiger charge is 2.48. The Kier molecular flexibility index (Phi) is 3.12. The van der Waals surface area contributed by atoms with Crippen LogP contribution in [-0.2, 0) is 0 Å². The van der Waals surface area contributed by atoms with Crippen LogP contribution in [0.15, 0.2) is 65.8 Å². The predicted octanol–water partition coefficient (Wildman–Crippen LogP) is 4.69. The standard InChI is InChI=1S/C24H18O3/c1-24(2)12-13(19-21(25)16-9-5-6-10-17(16)22(19)26)11-18-14-7-3-4-8-15(14)23(27)20(18)24/h3-11,20H,12H2,1-2H3/t20-/m0/s1. The molecule has 0 fully saturated rings. The van der Waals surface area contributed by atoms with Crippen molar-refractivity contribution in [2.75, 3.05) is 0 Å². The van der Waals surface area contributed by atoms with E-state index in [0.29, 0.717) is 17.5 Å². The van der Waals surface area contributed by atoms with Gasteiger partial charge in [-0.25, -0.2) is 0 Å². The molecule has 5 rings (SSSR count). The van der Waals surface area contributed by atoms with Crippen LogP contribution in [-0.4, -0.2) is 17.3 Å². The highest BCUT2D eigenvalue weighted by atomic mass is 16.2. The van der Waals surface area contributed by atoms with E-state index in [1.54, 1.807) is 24.3 Å². The molecule has 0 saturated carbocycles. The van der Waals surface area contributed by atoms with Crippen LogP contribution in [0.3, 0.4) is 0 Å². The van der Waals surface area contributed by atoms with Crippen LogP contribution in [0.5, 0.6) is 0 Å². The van der Waals surface area contributed by atoms with E-state index in [4.69, 9.17) is 0 Å². The molecule has 0 bridgehead atoms. The Morgan fingerprint density at radius 1 is 0.778 bits per heavy atom. The van der Waals surface area contributed by atoms with Crippen molar-refractivity contribution in [3.05, 3.63) is 88.0 Å². The average Bonchev–Trinajstić information content (AvgIpc) is 3.08. The molecule has 3 heteroatoms. The summed E-state index contributed by atoms with van der Waals surface area (Å²) in [5.74, 6) is -0.491. The van der Waals surface area contributed by atoms with Crippen LogP contribution in [0.2, 0.25) is 0 Å².